The van der Waals surface area contributed by atoms with Gasteiger partial charge in [0.2, 0.25) is 0 Å². The number of morpholine rings is 1. The molecule has 2 unspecified atom stereocenters. The van der Waals surface area contributed by atoms with Crippen molar-refractivity contribution < 1.29 is 9.53 Å². The molecule has 0 bridgehead atoms. The highest BCUT2D eigenvalue weighted by molar-refractivity contribution is 9.10. The Balaban J connectivity index is 1.52. The van der Waals surface area contributed by atoms with Crippen molar-refractivity contribution >= 4 is 27.5 Å². The largest absolute Gasteiger partial charge is 0.369 e. The first-order chi connectivity index (χ1) is 10.2. The molecule has 21 heavy (non-hydrogen) atoms. The van der Waals surface area contributed by atoms with Crippen molar-refractivity contribution in [2.75, 3.05) is 37.7 Å². The minimum absolute atomic E-state index is 0.00450. The fourth-order valence-electron chi connectivity index (χ4n) is 2.79. The lowest BCUT2D eigenvalue weighted by molar-refractivity contribution is -0.134. The summed E-state index contributed by atoms with van der Waals surface area (Å²) in [6.07, 6.45) is 0.627. The molecule has 0 spiro atoms. The molecule has 0 radical (unpaired) electrons. The quantitative estimate of drug-likeness (QED) is 0.855. The first-order valence-corrected chi connectivity index (χ1v) is 8.15. The second kappa shape index (κ2) is 6.77. The minimum Gasteiger partial charge on any atom is -0.369 e. The Morgan fingerprint density at radius 1 is 1.38 bits per heavy atom. The number of nitrogens with one attached hydrogen (secondary N) is 2. The number of rotatable bonds is 3. The van der Waals surface area contributed by atoms with Gasteiger partial charge in [0.25, 0.3) is 5.91 Å². The Bertz CT molecular complexity index is 488. The minimum atomic E-state index is -0.347. The molecule has 2 aliphatic heterocycles. The Morgan fingerprint density at radius 2 is 2.19 bits per heavy atom. The van der Waals surface area contributed by atoms with Gasteiger partial charge in [-0.2, -0.15) is 0 Å². The summed E-state index contributed by atoms with van der Waals surface area (Å²) < 4.78 is 6.56. The molecule has 0 saturated carbocycles. The van der Waals surface area contributed by atoms with Crippen LogP contribution < -0.4 is 15.5 Å². The lowest BCUT2D eigenvalue weighted by atomic mass is 10.2. The number of amides is 1. The van der Waals surface area contributed by atoms with Crippen molar-refractivity contribution in [2.45, 2.75) is 18.6 Å². The Labute approximate surface area is 133 Å². The first kappa shape index (κ1) is 14.8. The van der Waals surface area contributed by atoms with Gasteiger partial charge in [-0.05, 0) is 30.7 Å². The molecule has 0 aromatic heterocycles. The van der Waals surface area contributed by atoms with Gasteiger partial charge >= 0.3 is 0 Å². The van der Waals surface area contributed by atoms with Gasteiger partial charge in [0, 0.05) is 42.4 Å². The molecule has 2 heterocycles. The van der Waals surface area contributed by atoms with Crippen LogP contribution in [-0.4, -0.2) is 50.8 Å². The number of nitrogens with zero attached hydrogens (tertiary/aromatic N) is 1. The zero-order chi connectivity index (χ0) is 14.7. The number of benzene rings is 1. The maximum absolute atomic E-state index is 12.1. The van der Waals surface area contributed by atoms with Crippen LogP contribution in [0.1, 0.15) is 6.42 Å². The average Bonchev–Trinajstić information content (AvgIpc) is 2.97. The molecule has 1 aromatic rings. The smallest absolute Gasteiger partial charge is 0.250 e. The van der Waals surface area contributed by atoms with Crippen molar-refractivity contribution in [3.8, 4) is 0 Å². The van der Waals surface area contributed by atoms with Gasteiger partial charge in [0.05, 0.1) is 6.61 Å². The van der Waals surface area contributed by atoms with E-state index in [4.69, 9.17) is 4.74 Å². The summed E-state index contributed by atoms with van der Waals surface area (Å²) in [4.78, 5) is 14.4. The van der Waals surface area contributed by atoms with Gasteiger partial charge in [-0.1, -0.05) is 15.9 Å². The fraction of sp³-hybridized carbons (Fsp3) is 0.533. The molecule has 1 aromatic carbocycles. The molecule has 1 amide bonds. The van der Waals surface area contributed by atoms with E-state index in [-0.39, 0.29) is 18.1 Å². The van der Waals surface area contributed by atoms with Gasteiger partial charge in [-0.15, -0.1) is 0 Å². The number of halogens is 1. The molecule has 5 nitrogen and oxygen atoms in total. The summed E-state index contributed by atoms with van der Waals surface area (Å²) >= 11 is 3.45. The average molecular weight is 354 g/mol. The summed E-state index contributed by atoms with van der Waals surface area (Å²) in [5, 5.41) is 6.28. The van der Waals surface area contributed by atoms with Crippen molar-refractivity contribution in [1.29, 1.82) is 0 Å². The van der Waals surface area contributed by atoms with Gasteiger partial charge < -0.3 is 20.3 Å². The zero-order valence-corrected chi connectivity index (χ0v) is 13.4. The summed E-state index contributed by atoms with van der Waals surface area (Å²) in [6.45, 7) is 3.86. The molecule has 0 aliphatic carbocycles. The summed E-state index contributed by atoms with van der Waals surface area (Å²) in [5.41, 5.74) is 1.20. The Kier molecular flexibility index (Phi) is 4.77. The van der Waals surface area contributed by atoms with Crippen LogP contribution in [0.5, 0.6) is 0 Å². The molecule has 2 aliphatic rings. The SMILES string of the molecule is O=C(NC1CCN(c2ccc(Br)cc2)C1)C1CNCCO1. The van der Waals surface area contributed by atoms with E-state index >= 15 is 0 Å². The maximum atomic E-state index is 12.1. The number of hydrogen-bond donors (Lipinski definition) is 2. The predicted molar refractivity (Wildman–Crippen MR) is 85.5 cm³/mol. The third-order valence-electron chi connectivity index (χ3n) is 3.95. The highest BCUT2D eigenvalue weighted by atomic mass is 79.9. The van der Waals surface area contributed by atoms with Crippen LogP contribution in [-0.2, 0) is 9.53 Å². The predicted octanol–water partition coefficient (Wildman–Crippen LogP) is 1.13. The molecule has 114 valence electrons. The molecule has 2 fully saturated rings. The highest BCUT2D eigenvalue weighted by Gasteiger charge is 2.28. The monoisotopic (exact) mass is 353 g/mol. The van der Waals surface area contributed by atoms with Crippen LogP contribution in [0.3, 0.4) is 0 Å². The molecular weight excluding hydrogens is 334 g/mol. The Hall–Kier alpha value is -1.11. The Morgan fingerprint density at radius 3 is 2.90 bits per heavy atom. The van der Waals surface area contributed by atoms with Crippen LogP contribution in [0.2, 0.25) is 0 Å². The zero-order valence-electron chi connectivity index (χ0n) is 11.8. The van der Waals surface area contributed by atoms with Gasteiger partial charge in [0.1, 0.15) is 6.10 Å². The summed E-state index contributed by atoms with van der Waals surface area (Å²) in [7, 11) is 0. The lowest BCUT2D eigenvalue weighted by Crippen LogP contribution is -2.50. The van der Waals surface area contributed by atoms with E-state index in [9.17, 15) is 4.79 Å². The van der Waals surface area contributed by atoms with Gasteiger partial charge in [-0.25, -0.2) is 0 Å². The van der Waals surface area contributed by atoms with Crippen molar-refractivity contribution in [3.63, 3.8) is 0 Å². The summed E-state index contributed by atoms with van der Waals surface area (Å²) in [6, 6.07) is 8.49. The standard InChI is InChI=1S/C15H20BrN3O2/c16-11-1-3-13(4-2-11)19-7-5-12(10-19)18-15(20)14-9-17-6-8-21-14/h1-4,12,14,17H,5-10H2,(H,18,20). The van der Waals surface area contributed by atoms with E-state index in [1.165, 1.54) is 5.69 Å². The van der Waals surface area contributed by atoms with E-state index in [1.54, 1.807) is 0 Å². The van der Waals surface area contributed by atoms with Crippen molar-refractivity contribution in [1.82, 2.24) is 10.6 Å². The van der Waals surface area contributed by atoms with Crippen LogP contribution in [0.25, 0.3) is 0 Å². The molecular formula is C15H20BrN3O2. The van der Waals surface area contributed by atoms with E-state index in [0.717, 1.165) is 30.5 Å². The lowest BCUT2D eigenvalue weighted by Gasteiger charge is -2.24. The third kappa shape index (κ3) is 3.75. The van der Waals surface area contributed by atoms with E-state index < -0.39 is 0 Å². The topological polar surface area (TPSA) is 53.6 Å². The number of carbonyl (C=O) groups is 1. The molecule has 2 N–H and O–H groups in total. The second-order valence-corrected chi connectivity index (χ2v) is 6.40. The maximum Gasteiger partial charge on any atom is 0.250 e. The third-order valence-corrected chi connectivity index (χ3v) is 4.48. The molecule has 2 saturated heterocycles. The van der Waals surface area contributed by atoms with Gasteiger partial charge in [0.15, 0.2) is 0 Å². The van der Waals surface area contributed by atoms with Crippen molar-refractivity contribution in [2.24, 2.45) is 0 Å². The van der Waals surface area contributed by atoms with Crippen LogP contribution >= 0.6 is 15.9 Å². The van der Waals surface area contributed by atoms with Crippen LogP contribution in [0.15, 0.2) is 28.7 Å². The van der Waals surface area contributed by atoms with Crippen molar-refractivity contribution in [3.05, 3.63) is 28.7 Å². The molecule has 3 rings (SSSR count). The fourth-order valence-corrected chi connectivity index (χ4v) is 3.06. The highest BCUT2D eigenvalue weighted by Crippen LogP contribution is 2.22. The first-order valence-electron chi connectivity index (χ1n) is 7.35. The normalized spacial score (nSPS) is 25.9. The number of anilines is 1. The number of hydrogen-bond acceptors (Lipinski definition) is 4. The van der Waals surface area contributed by atoms with E-state index in [1.807, 2.05) is 12.1 Å². The molecule has 2 atom stereocenters. The van der Waals surface area contributed by atoms with Crippen LogP contribution in [0.4, 0.5) is 5.69 Å². The van der Waals surface area contributed by atoms with Gasteiger partial charge in [-0.3, -0.25) is 4.79 Å². The molecule has 6 heteroatoms. The summed E-state index contributed by atoms with van der Waals surface area (Å²) in [5.74, 6) is 0.00450. The number of carbonyl (C=O) groups excluding carboxylic acids is 1. The van der Waals surface area contributed by atoms with E-state index in [0.29, 0.717) is 13.2 Å². The number of ether oxygens (including phenoxy) is 1. The van der Waals surface area contributed by atoms with Crippen LogP contribution in [0, 0.1) is 0 Å². The second-order valence-electron chi connectivity index (χ2n) is 5.48. The van der Waals surface area contributed by atoms with E-state index in [2.05, 4.69) is 43.6 Å².